The zero-order valence-electron chi connectivity index (χ0n) is 8.22. The van der Waals surface area contributed by atoms with E-state index in [0.717, 1.165) is 6.92 Å². The van der Waals surface area contributed by atoms with Crippen LogP contribution in [0.5, 0.6) is 0 Å². The lowest BCUT2D eigenvalue weighted by Crippen LogP contribution is -2.00. The van der Waals surface area contributed by atoms with Crippen LogP contribution < -0.4 is 0 Å². The predicted molar refractivity (Wildman–Crippen MR) is 30.0 cm³/mol. The van der Waals surface area contributed by atoms with Crippen molar-refractivity contribution in [3.63, 3.8) is 0 Å². The Morgan fingerprint density at radius 3 is 2.14 bits per heavy atom. The lowest BCUT2D eigenvalue weighted by molar-refractivity contribution is 0.600. The zero-order chi connectivity index (χ0) is 9.50. The average molecular weight is 126 g/mol. The van der Waals surface area contributed by atoms with E-state index < -0.39 is 21.9 Å². The quantitative estimate of drug-likeness (QED) is 0.538. The van der Waals surface area contributed by atoms with Gasteiger partial charge in [-0.3, -0.25) is 0 Å². The first kappa shape index (κ1) is 2.49. The van der Waals surface area contributed by atoms with Crippen LogP contribution in [0.2, 0.25) is 0 Å². The van der Waals surface area contributed by atoms with Crippen LogP contribution in [0.15, 0.2) is 0 Å². The molecule has 0 radical (unpaired) electrons. The maximum absolute atomic E-state index is 10.7. The fourth-order valence-electron chi connectivity index (χ4n) is 0.185. The van der Waals surface area contributed by atoms with Gasteiger partial charge in [-0.25, -0.2) is 8.42 Å². The summed E-state index contributed by atoms with van der Waals surface area (Å²) in [6.45, 7) is 0.897. The molecular weight excluding hydrogens is 112 g/mol. The van der Waals surface area contributed by atoms with Crippen LogP contribution in [0.3, 0.4) is 0 Å². The first-order valence-corrected chi connectivity index (χ1v) is 3.59. The monoisotopic (exact) mass is 126 g/mol. The van der Waals surface area contributed by atoms with Crippen molar-refractivity contribution in [1.29, 1.82) is 0 Å². The molecule has 2 nitrogen and oxygen atoms in total. The molecule has 0 aliphatic heterocycles. The first-order valence-electron chi connectivity index (χ1n) is 3.70. The molecular formula is C4H10O2S. The highest BCUT2D eigenvalue weighted by Gasteiger charge is 1.95. The Balaban J connectivity index is 5.08. The molecule has 0 amide bonds. The molecule has 3 heteroatoms. The molecule has 0 N–H and O–H groups in total. The summed E-state index contributed by atoms with van der Waals surface area (Å²) in [5.74, 6) is 0. The minimum atomic E-state index is -4.00. The largest absolute Gasteiger partial charge is 0.229 e. The molecule has 0 saturated heterocycles. The van der Waals surface area contributed by atoms with E-state index in [-0.39, 0.29) is 0 Å². The second-order valence-electron chi connectivity index (χ2n) is 1.12. The average Bonchev–Trinajstić information content (AvgIpc) is 1.58. The highest BCUT2D eigenvalue weighted by Crippen LogP contribution is 1.84. The molecule has 0 unspecified atom stereocenters. The summed E-state index contributed by atoms with van der Waals surface area (Å²) in [7, 11) is -4.00. The highest BCUT2D eigenvalue weighted by atomic mass is 32.2. The molecule has 0 rings (SSSR count). The van der Waals surface area contributed by atoms with Crippen LogP contribution in [0.1, 0.15) is 18.8 Å². The van der Waals surface area contributed by atoms with Crippen molar-refractivity contribution >= 4 is 9.84 Å². The van der Waals surface area contributed by atoms with Gasteiger partial charge in [0.05, 0.1) is 0 Å². The molecule has 44 valence electrons. The van der Waals surface area contributed by atoms with Crippen molar-refractivity contribution in [3.05, 3.63) is 0 Å². The van der Waals surface area contributed by atoms with Crippen molar-refractivity contribution in [2.45, 2.75) is 13.3 Å². The number of hydrogen-bond acceptors (Lipinski definition) is 2. The van der Waals surface area contributed by atoms with Crippen molar-refractivity contribution < 1.29 is 13.9 Å². The number of rotatable bonds is 2. The Morgan fingerprint density at radius 1 is 1.71 bits per heavy atom. The maximum atomic E-state index is 10.7. The van der Waals surface area contributed by atoms with Gasteiger partial charge in [-0.1, -0.05) is 6.92 Å². The van der Waals surface area contributed by atoms with E-state index in [0.29, 0.717) is 6.26 Å². The first-order chi connectivity index (χ1) is 4.50. The SMILES string of the molecule is [2H]C([2H])(C)C([2H])([2H])S(C)(=O)=O. The third kappa shape index (κ3) is 5.95. The van der Waals surface area contributed by atoms with Crippen molar-refractivity contribution in [1.82, 2.24) is 0 Å². The van der Waals surface area contributed by atoms with Gasteiger partial charge < -0.3 is 0 Å². The summed E-state index contributed by atoms with van der Waals surface area (Å²) in [4.78, 5) is 0. The fourth-order valence-corrected chi connectivity index (χ4v) is 0.556. The summed E-state index contributed by atoms with van der Waals surface area (Å²) in [6.07, 6.45) is -1.70. The minimum absolute atomic E-state index is 0.675. The van der Waals surface area contributed by atoms with E-state index >= 15 is 0 Å². The van der Waals surface area contributed by atoms with E-state index in [1.807, 2.05) is 0 Å². The van der Waals surface area contributed by atoms with Crippen molar-refractivity contribution in [2.24, 2.45) is 0 Å². The van der Waals surface area contributed by atoms with Gasteiger partial charge in [0.2, 0.25) is 0 Å². The summed E-state index contributed by atoms with van der Waals surface area (Å²) in [5, 5.41) is 0. The Bertz CT molecular complexity index is 237. The summed E-state index contributed by atoms with van der Waals surface area (Å²) >= 11 is 0. The third-order valence-electron chi connectivity index (χ3n) is 0.287. The van der Waals surface area contributed by atoms with Gasteiger partial charge in [-0.15, -0.1) is 0 Å². The molecule has 7 heavy (non-hydrogen) atoms. The highest BCUT2D eigenvalue weighted by molar-refractivity contribution is 7.90. The summed E-state index contributed by atoms with van der Waals surface area (Å²) < 4.78 is 49.0. The minimum Gasteiger partial charge on any atom is -0.229 e. The molecule has 0 fully saturated rings. The molecule has 0 aromatic rings. The van der Waals surface area contributed by atoms with Gasteiger partial charge in [-0.2, -0.15) is 0 Å². The molecule has 0 aliphatic carbocycles. The molecule has 0 heterocycles. The number of sulfone groups is 1. The zero-order valence-corrected chi connectivity index (χ0v) is 5.04. The fraction of sp³-hybridized carbons (Fsp3) is 1.00. The van der Waals surface area contributed by atoms with E-state index in [4.69, 9.17) is 5.48 Å². The standard InChI is InChI=1S/C4H10O2S/c1-3-4-7(2,5)6/h3-4H2,1-2H3/i3D2,4D2. The lowest BCUT2D eigenvalue weighted by Gasteiger charge is -1.87. The molecule has 0 aromatic heterocycles. The second-order valence-corrected chi connectivity index (χ2v) is 2.87. The van der Waals surface area contributed by atoms with Crippen molar-refractivity contribution in [2.75, 3.05) is 12.0 Å². The predicted octanol–water partition coefficient (Wildman–Crippen LogP) is 0.441. The molecule has 0 spiro atoms. The van der Waals surface area contributed by atoms with Crippen LogP contribution in [0.4, 0.5) is 0 Å². The normalized spacial score (nSPS) is 24.3. The van der Waals surface area contributed by atoms with E-state index in [1.54, 1.807) is 0 Å². The lowest BCUT2D eigenvalue weighted by atomic mass is 10.6. The van der Waals surface area contributed by atoms with Gasteiger partial charge in [-0.05, 0) is 6.37 Å². The van der Waals surface area contributed by atoms with Crippen LogP contribution in [-0.4, -0.2) is 20.4 Å². The van der Waals surface area contributed by atoms with Crippen LogP contribution in [0, 0.1) is 0 Å². The van der Waals surface area contributed by atoms with E-state index in [2.05, 4.69) is 0 Å². The molecule has 0 atom stereocenters. The molecule has 0 aliphatic rings. The van der Waals surface area contributed by atoms with Gasteiger partial charge in [0.1, 0.15) is 9.84 Å². The van der Waals surface area contributed by atoms with E-state index in [1.165, 1.54) is 0 Å². The molecule has 0 bridgehead atoms. The van der Waals surface area contributed by atoms with E-state index in [9.17, 15) is 8.42 Å². The number of hydrogen-bond donors (Lipinski definition) is 0. The Labute approximate surface area is 50.1 Å². The van der Waals surface area contributed by atoms with Crippen LogP contribution in [0.25, 0.3) is 0 Å². The van der Waals surface area contributed by atoms with Gasteiger partial charge in [0.25, 0.3) is 0 Å². The topological polar surface area (TPSA) is 34.1 Å². The van der Waals surface area contributed by atoms with Gasteiger partial charge >= 0.3 is 0 Å². The second kappa shape index (κ2) is 2.31. The summed E-state index contributed by atoms with van der Waals surface area (Å²) in [5.41, 5.74) is -2.82. The van der Waals surface area contributed by atoms with Crippen molar-refractivity contribution in [3.8, 4) is 0 Å². The third-order valence-corrected chi connectivity index (χ3v) is 0.862. The summed E-state index contributed by atoms with van der Waals surface area (Å²) in [6, 6.07) is 0. The van der Waals surface area contributed by atoms with Crippen LogP contribution in [-0.2, 0) is 9.84 Å². The Morgan fingerprint density at radius 2 is 2.14 bits per heavy atom. The Hall–Kier alpha value is -0.0500. The molecule has 0 saturated carbocycles. The molecule has 0 aromatic carbocycles. The van der Waals surface area contributed by atoms with Crippen LogP contribution >= 0.6 is 0 Å². The maximum Gasteiger partial charge on any atom is 0.147 e. The smallest absolute Gasteiger partial charge is 0.147 e. The Kier molecular flexibility index (Phi) is 0.819. The van der Waals surface area contributed by atoms with Gasteiger partial charge in [0.15, 0.2) is 0 Å². The van der Waals surface area contributed by atoms with Gasteiger partial charge in [0, 0.05) is 17.4 Å².